The average molecular weight is 377 g/mol. The summed E-state index contributed by atoms with van der Waals surface area (Å²) in [6.07, 6.45) is 6.15. The van der Waals surface area contributed by atoms with E-state index in [2.05, 4.69) is 15.3 Å². The van der Waals surface area contributed by atoms with Crippen molar-refractivity contribution in [1.82, 2.24) is 14.9 Å². The number of likely N-dealkylation sites (tertiary alicyclic amines) is 1. The smallest absolute Gasteiger partial charge is 0.332 e. The summed E-state index contributed by atoms with van der Waals surface area (Å²) in [6.45, 7) is 1.58. The molecule has 27 heavy (non-hydrogen) atoms. The fourth-order valence-corrected chi connectivity index (χ4v) is 3.84. The number of anilines is 2. The van der Waals surface area contributed by atoms with E-state index >= 15 is 0 Å². The molecule has 2 fully saturated rings. The monoisotopic (exact) mass is 377 g/mol. The van der Waals surface area contributed by atoms with Crippen LogP contribution in [0.1, 0.15) is 44.2 Å². The molecule has 1 saturated carbocycles. The number of hydrogen-bond donors (Lipinski definition) is 3. The predicted molar refractivity (Wildman–Crippen MR) is 101 cm³/mol. The SMILES string of the molecule is Nc1nc(NCC(=O)N2CCCC2)nc(C[C@H]2CC[C@H](N)CC2)c1[N+](=O)[O-]. The first-order valence-corrected chi connectivity index (χ1v) is 9.52. The molecule has 0 aromatic carbocycles. The van der Waals surface area contributed by atoms with Crippen molar-refractivity contribution < 1.29 is 9.72 Å². The number of carbonyl (C=O) groups excluding carboxylic acids is 1. The van der Waals surface area contributed by atoms with Gasteiger partial charge in [-0.25, -0.2) is 4.98 Å². The largest absolute Gasteiger partial charge is 0.378 e. The molecule has 0 unspecified atom stereocenters. The molecule has 148 valence electrons. The maximum atomic E-state index is 12.2. The van der Waals surface area contributed by atoms with Crippen molar-refractivity contribution in [3.63, 3.8) is 0 Å². The van der Waals surface area contributed by atoms with E-state index in [9.17, 15) is 14.9 Å². The normalized spacial score (nSPS) is 22.6. The Labute approximate surface area is 157 Å². The summed E-state index contributed by atoms with van der Waals surface area (Å²) in [4.78, 5) is 33.2. The Morgan fingerprint density at radius 3 is 2.52 bits per heavy atom. The van der Waals surface area contributed by atoms with Crippen molar-refractivity contribution in [3.05, 3.63) is 15.8 Å². The maximum Gasteiger partial charge on any atom is 0.332 e. The lowest BCUT2D eigenvalue weighted by Gasteiger charge is -2.25. The van der Waals surface area contributed by atoms with Crippen LogP contribution >= 0.6 is 0 Å². The second-order valence-corrected chi connectivity index (χ2v) is 7.41. The second kappa shape index (κ2) is 8.47. The first kappa shape index (κ1) is 19.3. The summed E-state index contributed by atoms with van der Waals surface area (Å²) in [5.41, 5.74) is 11.9. The topological polar surface area (TPSA) is 153 Å². The van der Waals surface area contributed by atoms with Crippen LogP contribution in [0.15, 0.2) is 0 Å². The average Bonchev–Trinajstić information content (AvgIpc) is 3.16. The van der Waals surface area contributed by atoms with Gasteiger partial charge in [0.05, 0.1) is 11.5 Å². The Morgan fingerprint density at radius 2 is 1.89 bits per heavy atom. The highest BCUT2D eigenvalue weighted by molar-refractivity contribution is 5.80. The third kappa shape index (κ3) is 4.82. The van der Waals surface area contributed by atoms with Gasteiger partial charge in [0.15, 0.2) is 0 Å². The molecule has 0 spiro atoms. The zero-order chi connectivity index (χ0) is 19.4. The molecule has 0 bridgehead atoms. The molecule has 5 N–H and O–H groups in total. The number of nitro groups is 1. The summed E-state index contributed by atoms with van der Waals surface area (Å²) in [7, 11) is 0. The lowest BCUT2D eigenvalue weighted by atomic mass is 9.83. The zero-order valence-corrected chi connectivity index (χ0v) is 15.4. The van der Waals surface area contributed by atoms with E-state index in [1.165, 1.54) is 0 Å². The van der Waals surface area contributed by atoms with Gasteiger partial charge in [0, 0.05) is 19.1 Å². The Kier molecular flexibility index (Phi) is 6.04. The molecule has 2 aliphatic rings. The lowest BCUT2D eigenvalue weighted by Crippen LogP contribution is -2.33. The first-order valence-electron chi connectivity index (χ1n) is 9.52. The van der Waals surface area contributed by atoms with Crippen molar-refractivity contribution in [2.24, 2.45) is 11.7 Å². The van der Waals surface area contributed by atoms with Gasteiger partial charge in [0.1, 0.15) is 5.69 Å². The Morgan fingerprint density at radius 1 is 1.22 bits per heavy atom. The number of carbonyl (C=O) groups is 1. The molecule has 2 heterocycles. The summed E-state index contributed by atoms with van der Waals surface area (Å²) >= 11 is 0. The summed E-state index contributed by atoms with van der Waals surface area (Å²) in [6, 6.07) is 0.209. The van der Waals surface area contributed by atoms with Crippen molar-refractivity contribution in [2.45, 2.75) is 51.0 Å². The van der Waals surface area contributed by atoms with Gasteiger partial charge in [-0.3, -0.25) is 14.9 Å². The van der Waals surface area contributed by atoms with Crippen LogP contribution in [-0.2, 0) is 11.2 Å². The lowest BCUT2D eigenvalue weighted by molar-refractivity contribution is -0.385. The third-order valence-corrected chi connectivity index (χ3v) is 5.40. The zero-order valence-electron chi connectivity index (χ0n) is 15.4. The van der Waals surface area contributed by atoms with Gasteiger partial charge >= 0.3 is 5.69 Å². The minimum Gasteiger partial charge on any atom is -0.378 e. The van der Waals surface area contributed by atoms with Crippen LogP contribution in [0.2, 0.25) is 0 Å². The van der Waals surface area contributed by atoms with Crippen molar-refractivity contribution in [1.29, 1.82) is 0 Å². The molecule has 1 aromatic heterocycles. The third-order valence-electron chi connectivity index (χ3n) is 5.40. The van der Waals surface area contributed by atoms with Gasteiger partial charge in [-0.2, -0.15) is 4.98 Å². The highest BCUT2D eigenvalue weighted by atomic mass is 16.6. The van der Waals surface area contributed by atoms with Gasteiger partial charge in [0.25, 0.3) is 0 Å². The molecule has 3 rings (SSSR count). The molecule has 1 aliphatic carbocycles. The summed E-state index contributed by atoms with van der Waals surface area (Å²) in [5.74, 6) is 0.245. The van der Waals surface area contributed by atoms with E-state index in [4.69, 9.17) is 11.5 Å². The molecule has 0 atom stereocenters. The van der Waals surface area contributed by atoms with Crippen LogP contribution in [0.25, 0.3) is 0 Å². The van der Waals surface area contributed by atoms with E-state index in [0.717, 1.165) is 51.6 Å². The second-order valence-electron chi connectivity index (χ2n) is 7.41. The molecule has 10 heteroatoms. The van der Waals surface area contributed by atoms with Crippen molar-refractivity contribution in [3.8, 4) is 0 Å². The number of nitrogens with one attached hydrogen (secondary N) is 1. The number of nitrogen functional groups attached to an aromatic ring is 1. The molecular formula is C17H27N7O3. The quantitative estimate of drug-likeness (QED) is 0.491. The minimum atomic E-state index is -0.529. The van der Waals surface area contributed by atoms with Crippen LogP contribution in [-0.4, -0.2) is 51.4 Å². The van der Waals surface area contributed by atoms with Crippen LogP contribution in [0.4, 0.5) is 17.5 Å². The Hall–Kier alpha value is -2.49. The highest BCUT2D eigenvalue weighted by Crippen LogP contribution is 2.31. The first-order chi connectivity index (χ1) is 12.9. The number of nitrogens with zero attached hydrogens (tertiary/aromatic N) is 4. The number of nitrogens with two attached hydrogens (primary N) is 2. The van der Waals surface area contributed by atoms with Crippen LogP contribution in [0.5, 0.6) is 0 Å². The summed E-state index contributed by atoms with van der Waals surface area (Å²) in [5, 5.41) is 14.3. The molecule has 10 nitrogen and oxygen atoms in total. The Balaban J connectivity index is 1.72. The van der Waals surface area contributed by atoms with Crippen LogP contribution in [0, 0.1) is 16.0 Å². The van der Waals surface area contributed by atoms with E-state index < -0.39 is 4.92 Å². The molecule has 1 amide bonds. The molecular weight excluding hydrogens is 350 g/mol. The molecule has 1 aliphatic heterocycles. The van der Waals surface area contributed by atoms with E-state index in [1.807, 2.05) is 0 Å². The van der Waals surface area contributed by atoms with Gasteiger partial charge in [-0.05, 0) is 50.9 Å². The fraction of sp³-hybridized carbons (Fsp3) is 0.706. The highest BCUT2D eigenvalue weighted by Gasteiger charge is 2.27. The van der Waals surface area contributed by atoms with Gasteiger partial charge < -0.3 is 21.7 Å². The van der Waals surface area contributed by atoms with Crippen LogP contribution in [0.3, 0.4) is 0 Å². The van der Waals surface area contributed by atoms with Gasteiger partial charge in [0.2, 0.25) is 17.7 Å². The van der Waals surface area contributed by atoms with Crippen LogP contribution < -0.4 is 16.8 Å². The summed E-state index contributed by atoms with van der Waals surface area (Å²) < 4.78 is 0. The van der Waals surface area contributed by atoms with E-state index in [0.29, 0.717) is 12.1 Å². The van der Waals surface area contributed by atoms with Gasteiger partial charge in [-0.1, -0.05) is 0 Å². The molecule has 1 saturated heterocycles. The van der Waals surface area contributed by atoms with E-state index in [1.54, 1.807) is 4.90 Å². The number of rotatable bonds is 6. The minimum absolute atomic E-state index is 0.0316. The van der Waals surface area contributed by atoms with Crippen molar-refractivity contribution in [2.75, 3.05) is 30.7 Å². The number of aromatic nitrogens is 2. The fourth-order valence-electron chi connectivity index (χ4n) is 3.84. The molecule has 0 radical (unpaired) electrons. The van der Waals surface area contributed by atoms with E-state index in [-0.39, 0.29) is 41.9 Å². The van der Waals surface area contributed by atoms with Gasteiger partial charge in [-0.15, -0.1) is 0 Å². The maximum absolute atomic E-state index is 12.2. The number of hydrogen-bond acceptors (Lipinski definition) is 8. The molecule has 1 aromatic rings. The Bertz CT molecular complexity index is 698. The number of amides is 1. The standard InChI is InChI=1S/C17H27N7O3/c18-12-5-3-11(4-6-12)9-13-15(24(26)27)16(19)22-17(21-13)20-10-14(25)23-7-1-2-8-23/h11-12H,1-10,18H2,(H3,19,20,21,22)/t11-,12-. The predicted octanol–water partition coefficient (Wildman–Crippen LogP) is 1.06. The van der Waals surface area contributed by atoms with Crippen molar-refractivity contribution >= 4 is 23.4 Å².